The number of anilines is 1. The number of hydrogen-bond acceptors (Lipinski definition) is 4. The van der Waals surface area contributed by atoms with Crippen molar-refractivity contribution in [3.05, 3.63) is 24.3 Å². The Morgan fingerprint density at radius 3 is 2.67 bits per heavy atom. The van der Waals surface area contributed by atoms with Crippen LogP contribution in [0.2, 0.25) is 0 Å². The monoisotopic (exact) mass is 395 g/mol. The molecular formula is C20H30ClN3O3. The van der Waals surface area contributed by atoms with Gasteiger partial charge in [0, 0.05) is 26.1 Å². The van der Waals surface area contributed by atoms with E-state index < -0.39 is 6.10 Å². The van der Waals surface area contributed by atoms with E-state index in [0.29, 0.717) is 24.6 Å². The van der Waals surface area contributed by atoms with E-state index >= 15 is 0 Å². The summed E-state index contributed by atoms with van der Waals surface area (Å²) in [5, 5.41) is 3.19. The number of benzene rings is 1. The molecule has 1 aromatic carbocycles. The molecule has 2 aliphatic heterocycles. The van der Waals surface area contributed by atoms with E-state index in [1.807, 2.05) is 36.2 Å². The van der Waals surface area contributed by atoms with Gasteiger partial charge in [0.1, 0.15) is 5.75 Å². The number of nitrogens with one attached hydrogen (secondary N) is 1. The lowest BCUT2D eigenvalue weighted by Crippen LogP contribution is -2.46. The topological polar surface area (TPSA) is 61.9 Å². The second-order valence-electron chi connectivity index (χ2n) is 7.18. The number of piperidine rings is 1. The van der Waals surface area contributed by atoms with Crippen molar-refractivity contribution < 1.29 is 14.3 Å². The third-order valence-corrected chi connectivity index (χ3v) is 5.39. The van der Waals surface area contributed by atoms with Crippen molar-refractivity contribution in [2.24, 2.45) is 5.92 Å². The molecule has 2 heterocycles. The van der Waals surface area contributed by atoms with Crippen LogP contribution in [0.3, 0.4) is 0 Å². The molecule has 6 nitrogen and oxygen atoms in total. The molecule has 27 heavy (non-hydrogen) atoms. The summed E-state index contributed by atoms with van der Waals surface area (Å²) in [7, 11) is 1.98. The second kappa shape index (κ2) is 9.95. The van der Waals surface area contributed by atoms with Crippen LogP contribution in [-0.2, 0) is 9.59 Å². The highest BCUT2D eigenvalue weighted by Gasteiger charge is 2.32. The molecule has 1 atom stereocenters. The lowest BCUT2D eigenvalue weighted by atomic mass is 9.93. The summed E-state index contributed by atoms with van der Waals surface area (Å²) >= 11 is 0. The summed E-state index contributed by atoms with van der Waals surface area (Å²) in [6.45, 7) is 4.86. The maximum atomic E-state index is 12.6. The first-order chi connectivity index (χ1) is 12.6. The number of fused-ring (bicyclic) bond motifs is 1. The molecule has 0 saturated carbocycles. The summed E-state index contributed by atoms with van der Waals surface area (Å²) < 4.78 is 5.65. The average molecular weight is 396 g/mol. The third kappa shape index (κ3) is 5.14. The molecule has 1 saturated heterocycles. The molecular weight excluding hydrogens is 366 g/mol. The summed E-state index contributed by atoms with van der Waals surface area (Å²) in [6.07, 6.45) is 3.17. The number of carbonyl (C=O) groups excluding carboxylic acids is 2. The molecule has 0 radical (unpaired) electrons. The predicted octanol–water partition coefficient (Wildman–Crippen LogP) is 2.46. The molecule has 0 bridgehead atoms. The second-order valence-corrected chi connectivity index (χ2v) is 7.18. The normalized spacial score (nSPS) is 19.9. The maximum absolute atomic E-state index is 12.6. The van der Waals surface area contributed by atoms with Crippen molar-refractivity contribution in [1.29, 1.82) is 0 Å². The number of likely N-dealkylation sites (tertiary alicyclic amines) is 1. The average Bonchev–Trinajstić information content (AvgIpc) is 2.67. The number of para-hydroxylation sites is 2. The van der Waals surface area contributed by atoms with Crippen LogP contribution >= 0.6 is 12.4 Å². The van der Waals surface area contributed by atoms with Gasteiger partial charge in [0.05, 0.1) is 5.69 Å². The zero-order valence-corrected chi connectivity index (χ0v) is 17.0. The molecule has 1 N–H and O–H groups in total. The Morgan fingerprint density at radius 2 is 1.96 bits per heavy atom. The molecule has 2 amide bonds. The number of hydrogen-bond donors (Lipinski definition) is 1. The third-order valence-electron chi connectivity index (χ3n) is 5.39. The van der Waals surface area contributed by atoms with E-state index in [1.54, 1.807) is 11.8 Å². The van der Waals surface area contributed by atoms with Gasteiger partial charge in [0.25, 0.3) is 5.91 Å². The largest absolute Gasteiger partial charge is 0.479 e. The quantitative estimate of drug-likeness (QED) is 0.803. The summed E-state index contributed by atoms with van der Waals surface area (Å²) in [5.41, 5.74) is 0.758. The van der Waals surface area contributed by atoms with E-state index in [-0.39, 0.29) is 24.2 Å². The maximum Gasteiger partial charge on any atom is 0.267 e. The molecule has 0 spiro atoms. The van der Waals surface area contributed by atoms with Crippen molar-refractivity contribution in [2.75, 3.05) is 38.1 Å². The Morgan fingerprint density at radius 1 is 1.26 bits per heavy atom. The highest BCUT2D eigenvalue weighted by molar-refractivity contribution is 6.00. The fraction of sp³-hybridized carbons (Fsp3) is 0.600. The Labute approximate surface area is 167 Å². The number of halogens is 1. The van der Waals surface area contributed by atoms with Crippen LogP contribution < -0.4 is 15.0 Å². The van der Waals surface area contributed by atoms with Gasteiger partial charge in [-0.15, -0.1) is 12.4 Å². The highest BCUT2D eigenvalue weighted by Crippen LogP contribution is 2.33. The van der Waals surface area contributed by atoms with E-state index in [0.717, 1.165) is 38.2 Å². The van der Waals surface area contributed by atoms with Gasteiger partial charge in [-0.2, -0.15) is 0 Å². The zero-order valence-electron chi connectivity index (χ0n) is 16.1. The van der Waals surface area contributed by atoms with Gasteiger partial charge < -0.3 is 19.9 Å². The van der Waals surface area contributed by atoms with Crippen LogP contribution in [0.5, 0.6) is 5.75 Å². The predicted molar refractivity (Wildman–Crippen MR) is 109 cm³/mol. The van der Waals surface area contributed by atoms with Gasteiger partial charge in [0.15, 0.2) is 6.10 Å². The minimum atomic E-state index is -0.511. The van der Waals surface area contributed by atoms with Crippen LogP contribution in [0.15, 0.2) is 24.3 Å². The molecule has 150 valence electrons. The molecule has 1 unspecified atom stereocenters. The molecule has 1 aromatic rings. The van der Waals surface area contributed by atoms with Gasteiger partial charge in [-0.05, 0) is 57.8 Å². The van der Waals surface area contributed by atoms with Crippen molar-refractivity contribution in [3.63, 3.8) is 0 Å². The van der Waals surface area contributed by atoms with E-state index in [1.165, 1.54) is 6.42 Å². The molecule has 1 fully saturated rings. The van der Waals surface area contributed by atoms with Gasteiger partial charge in [-0.25, -0.2) is 0 Å². The van der Waals surface area contributed by atoms with E-state index in [4.69, 9.17) is 4.74 Å². The van der Waals surface area contributed by atoms with Gasteiger partial charge in [0.2, 0.25) is 5.91 Å². The summed E-state index contributed by atoms with van der Waals surface area (Å²) in [6, 6.07) is 7.51. The first-order valence-electron chi connectivity index (χ1n) is 9.59. The van der Waals surface area contributed by atoms with E-state index in [2.05, 4.69) is 5.32 Å². The Kier molecular flexibility index (Phi) is 7.92. The Bertz CT molecular complexity index is 647. The van der Waals surface area contributed by atoms with Crippen LogP contribution in [-0.4, -0.2) is 56.0 Å². The van der Waals surface area contributed by atoms with Crippen LogP contribution in [0.1, 0.15) is 32.6 Å². The number of rotatable bonds is 6. The fourth-order valence-electron chi connectivity index (χ4n) is 3.77. The van der Waals surface area contributed by atoms with Crippen LogP contribution in [0, 0.1) is 5.92 Å². The number of ether oxygens (including phenoxy) is 1. The van der Waals surface area contributed by atoms with Crippen molar-refractivity contribution in [1.82, 2.24) is 10.2 Å². The molecule has 0 aliphatic carbocycles. The van der Waals surface area contributed by atoms with Gasteiger partial charge in [-0.1, -0.05) is 12.1 Å². The fourth-order valence-corrected chi connectivity index (χ4v) is 3.77. The molecule has 0 aromatic heterocycles. The minimum Gasteiger partial charge on any atom is -0.479 e. The Balaban J connectivity index is 0.00000261. The minimum absolute atomic E-state index is 0. The molecule has 2 aliphatic rings. The molecule has 3 rings (SSSR count). The van der Waals surface area contributed by atoms with Crippen molar-refractivity contribution >= 4 is 29.9 Å². The van der Waals surface area contributed by atoms with E-state index in [9.17, 15) is 9.59 Å². The first kappa shape index (κ1) is 21.5. The molecule has 7 heteroatoms. The lowest BCUT2D eigenvalue weighted by Gasteiger charge is -2.35. The van der Waals surface area contributed by atoms with Gasteiger partial charge >= 0.3 is 0 Å². The SMILES string of the molecule is CNCCC1CCN(C(=O)CCN2C(=O)C(C)Oc3ccccc32)CC1.Cl. The number of carbonyl (C=O) groups is 2. The lowest BCUT2D eigenvalue weighted by molar-refractivity contribution is -0.132. The van der Waals surface area contributed by atoms with Gasteiger partial charge in [-0.3, -0.25) is 9.59 Å². The van der Waals surface area contributed by atoms with Crippen LogP contribution in [0.4, 0.5) is 5.69 Å². The Hall–Kier alpha value is -1.79. The summed E-state index contributed by atoms with van der Waals surface area (Å²) in [5.74, 6) is 1.47. The summed E-state index contributed by atoms with van der Waals surface area (Å²) in [4.78, 5) is 28.7. The van der Waals surface area contributed by atoms with Crippen molar-refractivity contribution in [2.45, 2.75) is 38.7 Å². The highest BCUT2D eigenvalue weighted by atomic mass is 35.5. The van der Waals surface area contributed by atoms with Crippen molar-refractivity contribution in [3.8, 4) is 5.75 Å². The zero-order chi connectivity index (χ0) is 18.5. The smallest absolute Gasteiger partial charge is 0.267 e. The number of nitrogens with zero attached hydrogens (tertiary/aromatic N) is 2. The standard InChI is InChI=1S/C20H29N3O3.ClH/c1-15-20(25)23(17-5-3-4-6-18(17)26-15)14-10-19(24)22-12-8-16(9-13-22)7-11-21-2;/h3-6,15-16,21H,7-14H2,1-2H3;1H. The number of amides is 2. The first-order valence-corrected chi connectivity index (χ1v) is 9.59. The van der Waals surface area contributed by atoms with Crippen LogP contribution in [0.25, 0.3) is 0 Å².